The van der Waals surface area contributed by atoms with Crippen LogP contribution in [0.4, 0.5) is 0 Å². The Balaban J connectivity index is 2.06. The lowest BCUT2D eigenvalue weighted by atomic mass is 10.1. The summed E-state index contributed by atoms with van der Waals surface area (Å²) in [4.78, 5) is 21.1. The van der Waals surface area contributed by atoms with Gasteiger partial charge in [0, 0.05) is 24.3 Å². The Morgan fingerprint density at radius 2 is 2.21 bits per heavy atom. The van der Waals surface area contributed by atoms with Crippen molar-refractivity contribution in [2.24, 2.45) is 0 Å². The average Bonchev–Trinajstić information content (AvgIpc) is 2.78. The van der Waals surface area contributed by atoms with E-state index < -0.39 is 5.97 Å². The molecule has 0 saturated carbocycles. The van der Waals surface area contributed by atoms with Crippen LogP contribution in [0.15, 0.2) is 34.7 Å². The van der Waals surface area contributed by atoms with Crippen LogP contribution in [0.25, 0.3) is 11.0 Å². The smallest absolute Gasteiger partial charge is 0.303 e. The van der Waals surface area contributed by atoms with Gasteiger partial charge in [-0.05, 0) is 18.6 Å². The fraction of sp³-hybridized carbons (Fsp3) is 0.286. The largest absolute Gasteiger partial charge is 0.481 e. The highest BCUT2D eigenvalue weighted by Crippen LogP contribution is 2.20. The number of carboxylic acid groups (broad SMARTS) is 1. The van der Waals surface area contributed by atoms with Gasteiger partial charge in [0.05, 0.1) is 0 Å². The molecule has 1 unspecified atom stereocenters. The predicted octanol–water partition coefficient (Wildman–Crippen LogP) is 1.95. The average molecular weight is 261 g/mol. The van der Waals surface area contributed by atoms with Crippen molar-refractivity contribution in [2.75, 3.05) is 0 Å². The van der Waals surface area contributed by atoms with Gasteiger partial charge in [0.1, 0.15) is 11.3 Å². The van der Waals surface area contributed by atoms with Crippen LogP contribution in [-0.2, 0) is 16.0 Å². The van der Waals surface area contributed by atoms with E-state index in [4.69, 9.17) is 9.52 Å². The number of fused-ring (bicyclic) bond motifs is 1. The fourth-order valence-electron chi connectivity index (χ4n) is 2.02. The molecule has 2 N–H and O–H groups in total. The van der Waals surface area contributed by atoms with E-state index in [-0.39, 0.29) is 12.5 Å². The summed E-state index contributed by atoms with van der Waals surface area (Å²) in [5.41, 5.74) is 0.792. The SMILES string of the molecule is O=CNC(CCC(=O)O)Cc1cc2ccccc2o1. The van der Waals surface area contributed by atoms with Crippen molar-refractivity contribution < 1.29 is 19.1 Å². The molecule has 2 aromatic rings. The van der Waals surface area contributed by atoms with Gasteiger partial charge < -0.3 is 14.8 Å². The Kier molecular flexibility index (Phi) is 4.18. The van der Waals surface area contributed by atoms with Crippen molar-refractivity contribution >= 4 is 23.3 Å². The number of carboxylic acids is 1. The summed E-state index contributed by atoms with van der Waals surface area (Å²) < 4.78 is 5.65. The monoisotopic (exact) mass is 261 g/mol. The Hall–Kier alpha value is -2.30. The summed E-state index contributed by atoms with van der Waals surface area (Å²) in [5.74, 6) is -0.131. The zero-order valence-corrected chi connectivity index (χ0v) is 10.3. The molecular weight excluding hydrogens is 246 g/mol. The van der Waals surface area contributed by atoms with E-state index in [0.29, 0.717) is 19.3 Å². The lowest BCUT2D eigenvalue weighted by Gasteiger charge is -2.12. The molecule has 0 radical (unpaired) electrons. The number of aliphatic carboxylic acids is 1. The van der Waals surface area contributed by atoms with Gasteiger partial charge in [-0.3, -0.25) is 9.59 Å². The molecule has 0 saturated heterocycles. The summed E-state index contributed by atoms with van der Waals surface area (Å²) in [5, 5.41) is 12.3. The zero-order valence-electron chi connectivity index (χ0n) is 10.3. The Morgan fingerprint density at radius 3 is 2.89 bits per heavy atom. The van der Waals surface area contributed by atoms with Crippen molar-refractivity contribution in [1.29, 1.82) is 0 Å². The molecular formula is C14H15NO4. The first kappa shape index (κ1) is 13.1. The third-order valence-electron chi connectivity index (χ3n) is 2.93. The van der Waals surface area contributed by atoms with E-state index in [1.165, 1.54) is 0 Å². The van der Waals surface area contributed by atoms with Gasteiger partial charge >= 0.3 is 5.97 Å². The number of carbonyl (C=O) groups is 2. The number of para-hydroxylation sites is 1. The molecule has 1 atom stereocenters. The van der Waals surface area contributed by atoms with E-state index in [0.717, 1.165) is 16.7 Å². The maximum atomic E-state index is 10.6. The first-order valence-electron chi connectivity index (χ1n) is 6.08. The van der Waals surface area contributed by atoms with Crippen molar-refractivity contribution in [2.45, 2.75) is 25.3 Å². The van der Waals surface area contributed by atoms with Gasteiger partial charge in [-0.2, -0.15) is 0 Å². The van der Waals surface area contributed by atoms with Crippen LogP contribution in [0, 0.1) is 0 Å². The van der Waals surface area contributed by atoms with Crippen molar-refractivity contribution in [1.82, 2.24) is 5.32 Å². The van der Waals surface area contributed by atoms with Gasteiger partial charge in [0.15, 0.2) is 0 Å². The Morgan fingerprint density at radius 1 is 1.42 bits per heavy atom. The number of carbonyl (C=O) groups excluding carboxylic acids is 1. The minimum absolute atomic E-state index is 0.0196. The minimum atomic E-state index is -0.873. The summed E-state index contributed by atoms with van der Waals surface area (Å²) in [6, 6.07) is 9.32. The first-order valence-corrected chi connectivity index (χ1v) is 6.08. The summed E-state index contributed by atoms with van der Waals surface area (Å²) in [7, 11) is 0. The molecule has 1 heterocycles. The van der Waals surface area contributed by atoms with Crippen molar-refractivity contribution in [3.05, 3.63) is 36.1 Å². The standard InChI is InChI=1S/C14H15NO4/c16-9-15-11(5-6-14(17)18)8-12-7-10-3-1-2-4-13(10)19-12/h1-4,7,9,11H,5-6,8H2,(H,15,16)(H,17,18). The molecule has 0 fully saturated rings. The number of rotatable bonds is 7. The third kappa shape index (κ3) is 3.58. The summed E-state index contributed by atoms with van der Waals surface area (Å²) in [6.07, 6.45) is 1.48. The Labute approximate surface area is 110 Å². The van der Waals surface area contributed by atoms with Crippen molar-refractivity contribution in [3.63, 3.8) is 0 Å². The predicted molar refractivity (Wildman–Crippen MR) is 69.8 cm³/mol. The molecule has 1 aromatic carbocycles. The molecule has 0 spiro atoms. The second kappa shape index (κ2) is 6.04. The minimum Gasteiger partial charge on any atom is -0.481 e. The topological polar surface area (TPSA) is 79.5 Å². The molecule has 19 heavy (non-hydrogen) atoms. The molecule has 0 aliphatic rings. The summed E-state index contributed by atoms with van der Waals surface area (Å²) >= 11 is 0. The van der Waals surface area contributed by atoms with E-state index in [1.807, 2.05) is 30.3 Å². The summed E-state index contributed by atoms with van der Waals surface area (Å²) in [6.45, 7) is 0. The highest BCUT2D eigenvalue weighted by atomic mass is 16.4. The van der Waals surface area contributed by atoms with Gasteiger partial charge in [0.2, 0.25) is 6.41 Å². The van der Waals surface area contributed by atoms with Gasteiger partial charge in [0.25, 0.3) is 0 Å². The van der Waals surface area contributed by atoms with Crippen molar-refractivity contribution in [3.8, 4) is 0 Å². The van der Waals surface area contributed by atoms with E-state index >= 15 is 0 Å². The lowest BCUT2D eigenvalue weighted by molar-refractivity contribution is -0.137. The fourth-order valence-corrected chi connectivity index (χ4v) is 2.02. The number of benzene rings is 1. The van der Waals surface area contributed by atoms with Crippen LogP contribution in [0.1, 0.15) is 18.6 Å². The van der Waals surface area contributed by atoms with E-state index in [1.54, 1.807) is 0 Å². The van der Waals surface area contributed by atoms with Crippen LogP contribution in [-0.4, -0.2) is 23.5 Å². The van der Waals surface area contributed by atoms with Gasteiger partial charge in [-0.25, -0.2) is 0 Å². The van der Waals surface area contributed by atoms with E-state index in [9.17, 15) is 9.59 Å². The molecule has 100 valence electrons. The molecule has 0 bridgehead atoms. The Bertz CT molecular complexity index is 543. The van der Waals surface area contributed by atoms with Crippen LogP contribution < -0.4 is 5.32 Å². The molecule has 2 rings (SSSR count). The molecule has 0 aliphatic carbocycles. The molecule has 1 amide bonds. The van der Waals surface area contributed by atoms with E-state index in [2.05, 4.69) is 5.32 Å². The highest BCUT2D eigenvalue weighted by molar-refractivity contribution is 5.77. The van der Waals surface area contributed by atoms with Gasteiger partial charge in [-0.1, -0.05) is 18.2 Å². The number of hydrogen-bond acceptors (Lipinski definition) is 3. The highest BCUT2D eigenvalue weighted by Gasteiger charge is 2.13. The number of nitrogens with one attached hydrogen (secondary N) is 1. The van der Waals surface area contributed by atoms with Crippen LogP contribution in [0.2, 0.25) is 0 Å². The molecule has 5 heteroatoms. The zero-order chi connectivity index (χ0) is 13.7. The third-order valence-corrected chi connectivity index (χ3v) is 2.93. The second-order valence-corrected chi connectivity index (χ2v) is 4.37. The molecule has 0 aliphatic heterocycles. The lowest BCUT2D eigenvalue weighted by Crippen LogP contribution is -2.30. The number of amides is 1. The maximum absolute atomic E-state index is 10.6. The molecule has 5 nitrogen and oxygen atoms in total. The van der Waals surface area contributed by atoms with Crippen LogP contribution >= 0.6 is 0 Å². The molecule has 1 aromatic heterocycles. The quantitative estimate of drug-likeness (QED) is 0.747. The maximum Gasteiger partial charge on any atom is 0.303 e. The van der Waals surface area contributed by atoms with Crippen LogP contribution in [0.3, 0.4) is 0 Å². The van der Waals surface area contributed by atoms with Gasteiger partial charge in [-0.15, -0.1) is 0 Å². The second-order valence-electron chi connectivity index (χ2n) is 4.37. The van der Waals surface area contributed by atoms with Crippen LogP contribution in [0.5, 0.6) is 0 Å². The number of furan rings is 1. The first-order chi connectivity index (χ1) is 9.19. The number of hydrogen-bond donors (Lipinski definition) is 2. The normalized spacial score (nSPS) is 12.2.